The standard InChI is InChI=1S/C16H18N2O2/c1-3-18(14-7-5-4-6-8-14)16(20)12-17-11-13(2)9-10-15(17)19/h4-11H,3,12H2,1-2H3. The number of pyridine rings is 1. The maximum absolute atomic E-state index is 12.4. The average molecular weight is 270 g/mol. The fourth-order valence-corrected chi connectivity index (χ4v) is 2.12. The molecular formula is C16H18N2O2. The first kappa shape index (κ1) is 14.1. The minimum atomic E-state index is -0.159. The summed E-state index contributed by atoms with van der Waals surface area (Å²) in [5, 5.41) is 0. The van der Waals surface area contributed by atoms with E-state index in [-0.39, 0.29) is 18.0 Å². The average Bonchev–Trinajstić information content (AvgIpc) is 2.45. The molecule has 1 aromatic carbocycles. The van der Waals surface area contributed by atoms with Gasteiger partial charge in [-0.3, -0.25) is 9.59 Å². The topological polar surface area (TPSA) is 42.3 Å². The van der Waals surface area contributed by atoms with Crippen LogP contribution in [0.5, 0.6) is 0 Å². The Morgan fingerprint density at radius 1 is 1.15 bits per heavy atom. The van der Waals surface area contributed by atoms with Crippen molar-refractivity contribution in [1.29, 1.82) is 0 Å². The first-order valence-electron chi connectivity index (χ1n) is 6.64. The van der Waals surface area contributed by atoms with E-state index in [4.69, 9.17) is 0 Å². The first-order chi connectivity index (χ1) is 9.61. The number of para-hydroxylation sites is 1. The van der Waals surface area contributed by atoms with Crippen LogP contribution < -0.4 is 10.5 Å². The summed E-state index contributed by atoms with van der Waals surface area (Å²) < 4.78 is 1.45. The summed E-state index contributed by atoms with van der Waals surface area (Å²) in [5.41, 5.74) is 1.65. The van der Waals surface area contributed by atoms with Gasteiger partial charge in [-0.05, 0) is 31.5 Å². The molecule has 0 fully saturated rings. The van der Waals surface area contributed by atoms with E-state index in [0.29, 0.717) is 6.54 Å². The van der Waals surface area contributed by atoms with Crippen LogP contribution >= 0.6 is 0 Å². The van der Waals surface area contributed by atoms with E-state index in [1.807, 2.05) is 44.2 Å². The molecular weight excluding hydrogens is 252 g/mol. The van der Waals surface area contributed by atoms with E-state index in [2.05, 4.69) is 0 Å². The highest BCUT2D eigenvalue weighted by atomic mass is 16.2. The van der Waals surface area contributed by atoms with Crippen molar-refractivity contribution in [2.24, 2.45) is 0 Å². The molecule has 4 heteroatoms. The molecule has 2 rings (SSSR count). The summed E-state index contributed by atoms with van der Waals surface area (Å²) >= 11 is 0. The van der Waals surface area contributed by atoms with Crippen molar-refractivity contribution < 1.29 is 4.79 Å². The second kappa shape index (κ2) is 6.19. The van der Waals surface area contributed by atoms with Crippen molar-refractivity contribution in [3.8, 4) is 0 Å². The SMILES string of the molecule is CCN(C(=O)Cn1cc(C)ccc1=O)c1ccccc1. The number of hydrogen-bond acceptors (Lipinski definition) is 2. The Morgan fingerprint density at radius 3 is 2.50 bits per heavy atom. The lowest BCUT2D eigenvalue weighted by atomic mass is 10.2. The number of amides is 1. The molecule has 20 heavy (non-hydrogen) atoms. The van der Waals surface area contributed by atoms with Crippen LogP contribution in [-0.4, -0.2) is 17.0 Å². The van der Waals surface area contributed by atoms with E-state index in [1.165, 1.54) is 10.6 Å². The van der Waals surface area contributed by atoms with Crippen molar-refractivity contribution in [1.82, 2.24) is 4.57 Å². The van der Waals surface area contributed by atoms with Gasteiger partial charge >= 0.3 is 0 Å². The smallest absolute Gasteiger partial charge is 0.251 e. The molecule has 0 radical (unpaired) electrons. The van der Waals surface area contributed by atoms with Gasteiger partial charge in [-0.2, -0.15) is 0 Å². The van der Waals surface area contributed by atoms with Crippen molar-refractivity contribution in [2.75, 3.05) is 11.4 Å². The third-order valence-electron chi connectivity index (χ3n) is 3.12. The predicted molar refractivity (Wildman–Crippen MR) is 79.9 cm³/mol. The number of rotatable bonds is 4. The lowest BCUT2D eigenvalue weighted by molar-refractivity contribution is -0.119. The number of aromatic nitrogens is 1. The number of carbonyl (C=O) groups excluding carboxylic acids is 1. The summed E-state index contributed by atoms with van der Waals surface area (Å²) in [4.78, 5) is 25.8. The number of carbonyl (C=O) groups is 1. The van der Waals surface area contributed by atoms with Gasteiger partial charge in [0.25, 0.3) is 5.56 Å². The summed E-state index contributed by atoms with van der Waals surface area (Å²) in [6.45, 7) is 4.45. The van der Waals surface area contributed by atoms with Gasteiger partial charge in [-0.1, -0.05) is 24.3 Å². The highest BCUT2D eigenvalue weighted by Gasteiger charge is 2.14. The summed E-state index contributed by atoms with van der Waals surface area (Å²) in [5.74, 6) is -0.0913. The Morgan fingerprint density at radius 2 is 1.85 bits per heavy atom. The Bertz CT molecular complexity index is 647. The minimum Gasteiger partial charge on any atom is -0.311 e. The maximum Gasteiger partial charge on any atom is 0.251 e. The molecule has 0 aliphatic heterocycles. The summed E-state index contributed by atoms with van der Waals surface area (Å²) in [6.07, 6.45) is 1.71. The molecule has 0 unspecified atom stereocenters. The van der Waals surface area contributed by atoms with E-state index >= 15 is 0 Å². The lowest BCUT2D eigenvalue weighted by Crippen LogP contribution is -2.36. The molecule has 2 aromatic rings. The van der Waals surface area contributed by atoms with Crippen LogP contribution in [0.25, 0.3) is 0 Å². The molecule has 1 aromatic heterocycles. The molecule has 0 bridgehead atoms. The molecule has 104 valence electrons. The Kier molecular flexibility index (Phi) is 4.35. The highest BCUT2D eigenvalue weighted by Crippen LogP contribution is 2.13. The fourth-order valence-electron chi connectivity index (χ4n) is 2.12. The quantitative estimate of drug-likeness (QED) is 0.854. The predicted octanol–water partition coefficient (Wildman–Crippen LogP) is 2.21. The summed E-state index contributed by atoms with van der Waals surface area (Å²) in [6, 6.07) is 12.7. The zero-order valence-electron chi connectivity index (χ0n) is 11.7. The normalized spacial score (nSPS) is 10.3. The van der Waals surface area contributed by atoms with Crippen LogP contribution in [0.3, 0.4) is 0 Å². The van der Waals surface area contributed by atoms with E-state index in [9.17, 15) is 9.59 Å². The van der Waals surface area contributed by atoms with Crippen LogP contribution in [0.15, 0.2) is 53.5 Å². The molecule has 0 atom stereocenters. The monoisotopic (exact) mass is 270 g/mol. The molecule has 0 N–H and O–H groups in total. The van der Waals surface area contributed by atoms with Crippen LogP contribution in [-0.2, 0) is 11.3 Å². The van der Waals surface area contributed by atoms with E-state index in [1.54, 1.807) is 17.2 Å². The van der Waals surface area contributed by atoms with E-state index < -0.39 is 0 Å². The van der Waals surface area contributed by atoms with Crippen molar-refractivity contribution in [2.45, 2.75) is 20.4 Å². The van der Waals surface area contributed by atoms with Crippen molar-refractivity contribution in [3.05, 3.63) is 64.6 Å². The van der Waals surface area contributed by atoms with Gasteiger partial charge < -0.3 is 9.47 Å². The van der Waals surface area contributed by atoms with Crippen molar-refractivity contribution >= 4 is 11.6 Å². The maximum atomic E-state index is 12.4. The molecule has 0 saturated heterocycles. The fraction of sp³-hybridized carbons (Fsp3) is 0.250. The molecule has 4 nitrogen and oxygen atoms in total. The van der Waals surface area contributed by atoms with Gasteiger partial charge in [-0.25, -0.2) is 0 Å². The zero-order chi connectivity index (χ0) is 14.5. The second-order valence-electron chi connectivity index (χ2n) is 4.65. The van der Waals surface area contributed by atoms with Gasteiger partial charge in [0, 0.05) is 24.5 Å². The molecule has 0 spiro atoms. The van der Waals surface area contributed by atoms with Gasteiger partial charge in [0.05, 0.1) is 0 Å². The van der Waals surface area contributed by atoms with Crippen molar-refractivity contribution in [3.63, 3.8) is 0 Å². The van der Waals surface area contributed by atoms with E-state index in [0.717, 1.165) is 11.3 Å². The largest absolute Gasteiger partial charge is 0.311 e. The number of aryl methyl sites for hydroxylation is 1. The van der Waals surface area contributed by atoms with Gasteiger partial charge in [0.1, 0.15) is 6.54 Å². The molecule has 0 aliphatic rings. The number of likely N-dealkylation sites (N-methyl/N-ethyl adjacent to an activating group) is 1. The minimum absolute atomic E-state index is 0.0588. The Labute approximate surface area is 118 Å². The van der Waals surface area contributed by atoms with Crippen LogP contribution in [0, 0.1) is 6.92 Å². The van der Waals surface area contributed by atoms with Crippen LogP contribution in [0.2, 0.25) is 0 Å². The number of benzene rings is 1. The first-order valence-corrected chi connectivity index (χ1v) is 6.64. The number of nitrogens with zero attached hydrogens (tertiary/aromatic N) is 2. The molecule has 1 amide bonds. The molecule has 1 heterocycles. The Balaban J connectivity index is 2.22. The third-order valence-corrected chi connectivity index (χ3v) is 3.12. The number of anilines is 1. The highest BCUT2D eigenvalue weighted by molar-refractivity contribution is 5.93. The molecule has 0 saturated carbocycles. The van der Waals surface area contributed by atoms with Crippen LogP contribution in [0.4, 0.5) is 5.69 Å². The van der Waals surface area contributed by atoms with Crippen LogP contribution in [0.1, 0.15) is 12.5 Å². The van der Waals surface area contributed by atoms with Gasteiger partial charge in [0.15, 0.2) is 0 Å². The summed E-state index contributed by atoms with van der Waals surface area (Å²) in [7, 11) is 0. The lowest BCUT2D eigenvalue weighted by Gasteiger charge is -2.21. The Hall–Kier alpha value is -2.36. The molecule has 0 aliphatic carbocycles. The zero-order valence-corrected chi connectivity index (χ0v) is 11.7. The second-order valence-corrected chi connectivity index (χ2v) is 4.65. The third kappa shape index (κ3) is 3.15. The van der Waals surface area contributed by atoms with Gasteiger partial charge in [-0.15, -0.1) is 0 Å². The van der Waals surface area contributed by atoms with Gasteiger partial charge in [0.2, 0.25) is 5.91 Å². The number of hydrogen-bond donors (Lipinski definition) is 0.